The first kappa shape index (κ1) is 28.6. The smallest absolute Gasteiger partial charge is 0.180 e. The predicted octanol–water partition coefficient (Wildman–Crippen LogP) is 12.4. The summed E-state index contributed by atoms with van der Waals surface area (Å²) in [6, 6.07) is 63.6. The summed E-state index contributed by atoms with van der Waals surface area (Å²) in [6.07, 6.45) is 0. The van der Waals surface area contributed by atoms with E-state index in [-0.39, 0.29) is 0 Å². The third kappa shape index (κ3) is 5.48. The van der Waals surface area contributed by atoms with Crippen LogP contribution in [-0.4, -0.2) is 9.97 Å². The van der Waals surface area contributed by atoms with Crippen molar-refractivity contribution in [3.05, 3.63) is 182 Å². The Morgan fingerprint density at radius 1 is 0.327 bits per heavy atom. The molecule has 0 unspecified atom stereocenters. The fourth-order valence-corrected chi connectivity index (χ4v) is 6.62. The van der Waals surface area contributed by atoms with Crippen molar-refractivity contribution in [1.29, 1.82) is 0 Å². The van der Waals surface area contributed by atoms with Gasteiger partial charge in [0.25, 0.3) is 0 Å². The lowest BCUT2D eigenvalue weighted by molar-refractivity contribution is 0.667. The van der Waals surface area contributed by atoms with Crippen molar-refractivity contribution in [3.63, 3.8) is 0 Å². The maximum Gasteiger partial charge on any atom is 0.180 e. The van der Waals surface area contributed by atoms with E-state index in [4.69, 9.17) is 14.4 Å². The van der Waals surface area contributed by atoms with Crippen LogP contribution in [0.5, 0.6) is 0 Å². The highest BCUT2D eigenvalue weighted by Crippen LogP contribution is 2.37. The molecule has 0 saturated heterocycles. The van der Waals surface area contributed by atoms with Gasteiger partial charge < -0.3 is 4.42 Å². The molecule has 0 amide bonds. The normalized spacial score (nSPS) is 11.3. The summed E-state index contributed by atoms with van der Waals surface area (Å²) in [5, 5.41) is 0.981. The molecule has 2 heterocycles. The van der Waals surface area contributed by atoms with Crippen molar-refractivity contribution in [2.24, 2.45) is 0 Å². The number of hydrogen-bond acceptors (Lipinski definition) is 3. The van der Waals surface area contributed by atoms with Crippen LogP contribution in [0, 0.1) is 0 Å². The summed E-state index contributed by atoms with van der Waals surface area (Å²) in [5.74, 6) is 0.666. The zero-order valence-corrected chi connectivity index (χ0v) is 26.6. The predicted molar refractivity (Wildman–Crippen MR) is 202 cm³/mol. The van der Waals surface area contributed by atoms with Gasteiger partial charge in [-0.15, -0.1) is 0 Å². The summed E-state index contributed by atoms with van der Waals surface area (Å²) in [5.41, 5.74) is 14.4. The van der Waals surface area contributed by atoms with Crippen molar-refractivity contribution in [2.75, 3.05) is 0 Å². The fraction of sp³-hybridized carbons (Fsp3) is 0. The molecular weight excluding hydrogens is 597 g/mol. The standard InChI is InChI=1S/C46H30N2O/c1-4-14-31(15-5-1)38-28-39(32-16-6-2-7-17-32)30-40(29-38)36-22-12-20-34(26-36)35-21-13-23-37(27-35)46-47-43(33-18-8-3-9-19-33)45-44(48-46)41-24-10-11-25-42(41)49-45/h1-30H. The summed E-state index contributed by atoms with van der Waals surface area (Å²) in [6.45, 7) is 0. The topological polar surface area (TPSA) is 38.9 Å². The molecule has 2 aromatic heterocycles. The van der Waals surface area contributed by atoms with Crippen LogP contribution < -0.4 is 0 Å². The molecule has 0 N–H and O–H groups in total. The van der Waals surface area contributed by atoms with Gasteiger partial charge in [-0.3, -0.25) is 0 Å². The Hall–Kier alpha value is -6.58. The average Bonchev–Trinajstić information content (AvgIpc) is 3.57. The first-order valence-corrected chi connectivity index (χ1v) is 16.5. The lowest BCUT2D eigenvalue weighted by Crippen LogP contribution is -1.94. The van der Waals surface area contributed by atoms with Gasteiger partial charge in [0.05, 0.1) is 0 Å². The fourth-order valence-electron chi connectivity index (χ4n) is 6.62. The second kappa shape index (κ2) is 12.2. The van der Waals surface area contributed by atoms with Crippen LogP contribution in [0.3, 0.4) is 0 Å². The minimum Gasteiger partial charge on any atom is -0.452 e. The molecule has 0 aliphatic heterocycles. The van der Waals surface area contributed by atoms with E-state index in [0.29, 0.717) is 11.4 Å². The van der Waals surface area contributed by atoms with Crippen LogP contribution in [0.1, 0.15) is 0 Å². The molecule has 0 fully saturated rings. The van der Waals surface area contributed by atoms with E-state index in [9.17, 15) is 0 Å². The van der Waals surface area contributed by atoms with E-state index in [1.807, 2.05) is 36.4 Å². The van der Waals surface area contributed by atoms with Gasteiger partial charge in [-0.1, -0.05) is 140 Å². The van der Waals surface area contributed by atoms with Gasteiger partial charge in [-0.2, -0.15) is 0 Å². The largest absolute Gasteiger partial charge is 0.452 e. The van der Waals surface area contributed by atoms with Crippen molar-refractivity contribution in [1.82, 2.24) is 9.97 Å². The van der Waals surface area contributed by atoms with E-state index >= 15 is 0 Å². The number of benzene rings is 7. The minimum absolute atomic E-state index is 0.666. The van der Waals surface area contributed by atoms with Gasteiger partial charge in [-0.25, -0.2) is 9.97 Å². The summed E-state index contributed by atoms with van der Waals surface area (Å²) >= 11 is 0. The Morgan fingerprint density at radius 2 is 0.755 bits per heavy atom. The molecule has 0 spiro atoms. The third-order valence-electron chi connectivity index (χ3n) is 9.06. The molecule has 0 atom stereocenters. The quantitative estimate of drug-likeness (QED) is 0.184. The molecule has 3 nitrogen and oxygen atoms in total. The van der Waals surface area contributed by atoms with Crippen LogP contribution in [-0.2, 0) is 0 Å². The van der Waals surface area contributed by atoms with Gasteiger partial charge in [0.2, 0.25) is 0 Å². The Bertz CT molecular complexity index is 2530. The highest BCUT2D eigenvalue weighted by Gasteiger charge is 2.18. The molecule has 0 radical (unpaired) electrons. The Kier molecular flexibility index (Phi) is 7.14. The van der Waals surface area contributed by atoms with Crippen LogP contribution in [0.25, 0.3) is 89.2 Å². The first-order chi connectivity index (χ1) is 24.3. The number of rotatable bonds is 6. The van der Waals surface area contributed by atoms with Gasteiger partial charge in [0.1, 0.15) is 16.8 Å². The van der Waals surface area contributed by atoms with Gasteiger partial charge in [-0.05, 0) is 87.0 Å². The number of hydrogen-bond donors (Lipinski definition) is 0. The monoisotopic (exact) mass is 626 g/mol. The van der Waals surface area contributed by atoms with E-state index in [1.54, 1.807) is 0 Å². The Labute approximate surface area is 284 Å². The average molecular weight is 627 g/mol. The lowest BCUT2D eigenvalue weighted by atomic mass is 9.92. The summed E-state index contributed by atoms with van der Waals surface area (Å²) < 4.78 is 6.33. The molecule has 9 rings (SSSR count). The zero-order chi connectivity index (χ0) is 32.6. The molecule has 49 heavy (non-hydrogen) atoms. The van der Waals surface area contributed by atoms with E-state index in [2.05, 4.69) is 146 Å². The second-order valence-corrected chi connectivity index (χ2v) is 12.2. The summed E-state index contributed by atoms with van der Waals surface area (Å²) in [4.78, 5) is 10.2. The maximum atomic E-state index is 6.33. The molecule has 0 aliphatic rings. The van der Waals surface area contributed by atoms with Crippen LogP contribution >= 0.6 is 0 Å². The minimum atomic E-state index is 0.666. The molecular formula is C46H30N2O. The van der Waals surface area contributed by atoms with E-state index in [1.165, 1.54) is 27.8 Å². The highest BCUT2D eigenvalue weighted by atomic mass is 16.3. The van der Waals surface area contributed by atoms with Crippen molar-refractivity contribution >= 4 is 22.1 Å². The lowest BCUT2D eigenvalue weighted by Gasteiger charge is -2.13. The number of fused-ring (bicyclic) bond motifs is 3. The number of aromatic nitrogens is 2. The van der Waals surface area contributed by atoms with Gasteiger partial charge in [0.15, 0.2) is 11.4 Å². The Balaban J connectivity index is 1.15. The molecule has 3 heteroatoms. The van der Waals surface area contributed by atoms with Crippen LogP contribution in [0.2, 0.25) is 0 Å². The van der Waals surface area contributed by atoms with E-state index in [0.717, 1.165) is 50.0 Å². The van der Waals surface area contributed by atoms with Crippen molar-refractivity contribution in [2.45, 2.75) is 0 Å². The van der Waals surface area contributed by atoms with Crippen LogP contribution in [0.4, 0.5) is 0 Å². The highest BCUT2D eigenvalue weighted by molar-refractivity contribution is 6.07. The SMILES string of the molecule is c1ccc(-c2cc(-c3ccccc3)cc(-c3cccc(-c4cccc(-c5nc(-c6ccccc6)c6oc7ccccc7c6n5)c4)c3)c2)cc1. The molecule has 230 valence electrons. The van der Waals surface area contributed by atoms with Crippen molar-refractivity contribution < 1.29 is 4.42 Å². The first-order valence-electron chi connectivity index (χ1n) is 16.5. The third-order valence-corrected chi connectivity index (χ3v) is 9.06. The number of furan rings is 1. The molecule has 9 aromatic rings. The molecule has 0 aliphatic carbocycles. The van der Waals surface area contributed by atoms with Gasteiger partial charge >= 0.3 is 0 Å². The van der Waals surface area contributed by atoms with Crippen LogP contribution in [0.15, 0.2) is 186 Å². The maximum absolute atomic E-state index is 6.33. The number of para-hydroxylation sites is 1. The van der Waals surface area contributed by atoms with E-state index < -0.39 is 0 Å². The zero-order valence-electron chi connectivity index (χ0n) is 26.6. The number of nitrogens with zero attached hydrogens (tertiary/aromatic N) is 2. The van der Waals surface area contributed by atoms with Gasteiger partial charge in [0, 0.05) is 16.5 Å². The molecule has 0 saturated carbocycles. The Morgan fingerprint density at radius 3 is 1.37 bits per heavy atom. The molecule has 0 bridgehead atoms. The van der Waals surface area contributed by atoms with Crippen molar-refractivity contribution in [3.8, 4) is 67.2 Å². The second-order valence-electron chi connectivity index (χ2n) is 12.2. The molecule has 7 aromatic carbocycles. The summed E-state index contributed by atoms with van der Waals surface area (Å²) in [7, 11) is 0.